The summed E-state index contributed by atoms with van der Waals surface area (Å²) in [4.78, 5) is 30.0. The predicted octanol–water partition coefficient (Wildman–Crippen LogP) is 4.34. The highest BCUT2D eigenvalue weighted by Gasteiger charge is 2.31. The topological polar surface area (TPSA) is 113 Å². The molecule has 0 radical (unpaired) electrons. The number of ether oxygens (including phenoxy) is 3. The van der Waals surface area contributed by atoms with Gasteiger partial charge in [0.05, 0.1) is 19.1 Å². The SMILES string of the molecule is C[C@@H]1CN([C@H](C)CO)C(=O)Cc2cc(NC(=O)Nc3ccccc3)ccc2O[C@H]1CN(C)Cc1ccc2c(c1)OCO2. The summed E-state index contributed by atoms with van der Waals surface area (Å²) in [6.07, 6.45) is -0.163. The number of amides is 3. The third-order valence-corrected chi connectivity index (χ3v) is 7.59. The van der Waals surface area contributed by atoms with Crippen molar-refractivity contribution in [2.75, 3.05) is 44.2 Å². The highest BCUT2D eigenvalue weighted by molar-refractivity contribution is 5.99. The number of nitrogens with zero attached hydrogens (tertiary/aromatic N) is 2. The molecule has 3 atom stereocenters. The van der Waals surface area contributed by atoms with E-state index in [9.17, 15) is 14.7 Å². The molecule has 3 N–H and O–H groups in total. The molecule has 2 heterocycles. The van der Waals surface area contributed by atoms with Crippen LogP contribution in [-0.4, -0.2) is 72.5 Å². The number of fused-ring (bicyclic) bond motifs is 2. The van der Waals surface area contributed by atoms with E-state index in [4.69, 9.17) is 14.2 Å². The van der Waals surface area contributed by atoms with Crippen molar-refractivity contribution < 1.29 is 28.9 Å². The number of carbonyl (C=O) groups is 2. The van der Waals surface area contributed by atoms with Gasteiger partial charge in [0.2, 0.25) is 12.7 Å². The maximum absolute atomic E-state index is 13.5. The van der Waals surface area contributed by atoms with Crippen LogP contribution in [0.15, 0.2) is 66.7 Å². The van der Waals surface area contributed by atoms with Crippen LogP contribution >= 0.6 is 0 Å². The molecule has 10 nitrogen and oxygen atoms in total. The van der Waals surface area contributed by atoms with Gasteiger partial charge in [0.25, 0.3) is 0 Å². The normalized spacial score (nSPS) is 18.8. The molecule has 0 saturated heterocycles. The zero-order chi connectivity index (χ0) is 29.6. The van der Waals surface area contributed by atoms with Crippen molar-refractivity contribution >= 4 is 23.3 Å². The summed E-state index contributed by atoms with van der Waals surface area (Å²) in [5.74, 6) is 1.97. The maximum atomic E-state index is 13.5. The second-order valence-corrected chi connectivity index (χ2v) is 11.0. The van der Waals surface area contributed by atoms with Crippen LogP contribution in [0.4, 0.5) is 16.2 Å². The van der Waals surface area contributed by atoms with Crippen LogP contribution in [0.1, 0.15) is 25.0 Å². The van der Waals surface area contributed by atoms with Gasteiger partial charge in [-0.2, -0.15) is 0 Å². The van der Waals surface area contributed by atoms with E-state index in [1.165, 1.54) is 0 Å². The second-order valence-electron chi connectivity index (χ2n) is 11.0. The summed E-state index contributed by atoms with van der Waals surface area (Å²) >= 11 is 0. The number of urea groups is 1. The summed E-state index contributed by atoms with van der Waals surface area (Å²) in [6, 6.07) is 19.8. The largest absolute Gasteiger partial charge is 0.488 e. The first kappa shape index (κ1) is 29.2. The van der Waals surface area contributed by atoms with Gasteiger partial charge in [-0.15, -0.1) is 0 Å². The van der Waals surface area contributed by atoms with Gasteiger partial charge in [0, 0.05) is 42.5 Å². The fourth-order valence-corrected chi connectivity index (χ4v) is 5.26. The Hall–Kier alpha value is -4.28. The van der Waals surface area contributed by atoms with Crippen LogP contribution in [0.3, 0.4) is 0 Å². The third kappa shape index (κ3) is 7.13. The Balaban J connectivity index is 1.35. The number of anilines is 2. The molecule has 2 aliphatic rings. The Morgan fingerprint density at radius 3 is 2.55 bits per heavy atom. The average Bonchev–Trinajstić information content (AvgIpc) is 3.45. The zero-order valence-corrected chi connectivity index (χ0v) is 24.2. The highest BCUT2D eigenvalue weighted by Crippen LogP contribution is 2.33. The van der Waals surface area contributed by atoms with Gasteiger partial charge < -0.3 is 34.9 Å². The quantitative estimate of drug-likeness (QED) is 0.367. The Labute approximate surface area is 246 Å². The van der Waals surface area contributed by atoms with Crippen LogP contribution in [0.2, 0.25) is 0 Å². The van der Waals surface area contributed by atoms with E-state index in [0.29, 0.717) is 42.3 Å². The van der Waals surface area contributed by atoms with Crippen LogP contribution in [0.5, 0.6) is 17.2 Å². The average molecular weight is 575 g/mol. The van der Waals surface area contributed by atoms with Gasteiger partial charge in [-0.3, -0.25) is 9.69 Å². The molecule has 222 valence electrons. The number of likely N-dealkylation sites (N-methyl/N-ethyl adjacent to an activating group) is 1. The number of rotatable bonds is 8. The first-order valence-corrected chi connectivity index (χ1v) is 14.2. The summed E-state index contributed by atoms with van der Waals surface area (Å²) in [6.45, 7) is 5.73. The van der Waals surface area contributed by atoms with E-state index in [1.54, 1.807) is 29.2 Å². The van der Waals surface area contributed by atoms with Crippen LogP contribution in [0.25, 0.3) is 0 Å². The van der Waals surface area contributed by atoms with Crippen LogP contribution in [-0.2, 0) is 17.8 Å². The van der Waals surface area contributed by atoms with Crippen LogP contribution < -0.4 is 24.8 Å². The number of aliphatic hydroxyl groups is 1. The molecular weight excluding hydrogens is 536 g/mol. The molecule has 0 aromatic heterocycles. The standard InChI is InChI=1S/C32H38N4O6/c1-21-16-36(22(2)19-37)31(38)15-24-14-26(34-32(39)33-25-7-5-4-6-8-25)10-12-27(24)42-30(21)18-35(3)17-23-9-11-28-29(13-23)41-20-40-28/h4-14,21-22,30,37H,15-20H2,1-3H3,(H2,33,34,39)/t21-,22-,30+/m1/s1. The molecule has 5 rings (SSSR count). The predicted molar refractivity (Wildman–Crippen MR) is 160 cm³/mol. The molecule has 0 aliphatic carbocycles. The van der Waals surface area contributed by atoms with E-state index in [1.807, 2.05) is 56.4 Å². The summed E-state index contributed by atoms with van der Waals surface area (Å²) in [5, 5.41) is 15.6. The van der Waals surface area contributed by atoms with Gasteiger partial charge >= 0.3 is 6.03 Å². The summed E-state index contributed by atoms with van der Waals surface area (Å²) < 4.78 is 17.6. The molecule has 0 unspecified atom stereocenters. The summed E-state index contributed by atoms with van der Waals surface area (Å²) in [7, 11) is 2.03. The molecule has 0 bridgehead atoms. The van der Waals surface area contributed by atoms with Crippen molar-refractivity contribution in [3.8, 4) is 17.2 Å². The van der Waals surface area contributed by atoms with Gasteiger partial charge in [0.1, 0.15) is 11.9 Å². The molecule has 0 spiro atoms. The number of carbonyl (C=O) groups excluding carboxylic acids is 2. The fraction of sp³-hybridized carbons (Fsp3) is 0.375. The van der Waals surface area contributed by atoms with Gasteiger partial charge in [-0.1, -0.05) is 31.2 Å². The molecule has 2 aliphatic heterocycles. The third-order valence-electron chi connectivity index (χ3n) is 7.59. The lowest BCUT2D eigenvalue weighted by Crippen LogP contribution is -2.47. The van der Waals surface area contributed by atoms with E-state index in [0.717, 1.165) is 17.1 Å². The van der Waals surface area contributed by atoms with E-state index >= 15 is 0 Å². The van der Waals surface area contributed by atoms with Crippen molar-refractivity contribution in [1.29, 1.82) is 0 Å². The minimum Gasteiger partial charge on any atom is -0.488 e. The molecule has 3 aromatic carbocycles. The monoisotopic (exact) mass is 574 g/mol. The van der Waals surface area contributed by atoms with Crippen molar-refractivity contribution in [2.24, 2.45) is 5.92 Å². The summed E-state index contributed by atoms with van der Waals surface area (Å²) in [5.41, 5.74) is 2.98. The first-order valence-electron chi connectivity index (χ1n) is 14.2. The molecule has 3 aromatic rings. The van der Waals surface area contributed by atoms with E-state index < -0.39 is 0 Å². The van der Waals surface area contributed by atoms with E-state index in [2.05, 4.69) is 22.5 Å². The molecule has 10 heteroatoms. The van der Waals surface area contributed by atoms with Crippen molar-refractivity contribution in [3.63, 3.8) is 0 Å². The lowest BCUT2D eigenvalue weighted by atomic mass is 10.0. The number of hydrogen-bond donors (Lipinski definition) is 3. The molecule has 42 heavy (non-hydrogen) atoms. The van der Waals surface area contributed by atoms with E-state index in [-0.39, 0.29) is 49.8 Å². The molecule has 0 fully saturated rings. The molecular formula is C32H38N4O6. The lowest BCUT2D eigenvalue weighted by Gasteiger charge is -2.34. The van der Waals surface area contributed by atoms with Crippen molar-refractivity contribution in [3.05, 3.63) is 77.9 Å². The van der Waals surface area contributed by atoms with Crippen molar-refractivity contribution in [2.45, 2.75) is 39.0 Å². The Morgan fingerprint density at radius 2 is 1.76 bits per heavy atom. The van der Waals surface area contributed by atoms with Gasteiger partial charge in [-0.25, -0.2) is 4.79 Å². The zero-order valence-electron chi connectivity index (χ0n) is 24.2. The lowest BCUT2D eigenvalue weighted by molar-refractivity contribution is -0.134. The molecule has 0 saturated carbocycles. The minimum absolute atomic E-state index is 0.0254. The van der Waals surface area contributed by atoms with Gasteiger partial charge in [0.15, 0.2) is 11.5 Å². The Bertz CT molecular complexity index is 1400. The van der Waals surface area contributed by atoms with Crippen LogP contribution in [0, 0.1) is 5.92 Å². The smallest absolute Gasteiger partial charge is 0.323 e. The minimum atomic E-state index is -0.386. The number of aliphatic hydroxyl groups excluding tert-OH is 1. The number of para-hydroxylation sites is 1. The van der Waals surface area contributed by atoms with Gasteiger partial charge in [-0.05, 0) is 62.0 Å². The number of nitrogens with one attached hydrogen (secondary N) is 2. The number of benzene rings is 3. The highest BCUT2D eigenvalue weighted by atomic mass is 16.7. The second kappa shape index (κ2) is 13.1. The fourth-order valence-electron chi connectivity index (χ4n) is 5.26. The molecule has 3 amide bonds. The maximum Gasteiger partial charge on any atom is 0.323 e. The Kier molecular flexibility index (Phi) is 9.14. The Morgan fingerprint density at radius 1 is 1.02 bits per heavy atom. The first-order chi connectivity index (χ1) is 20.3. The number of hydrogen-bond acceptors (Lipinski definition) is 7. The van der Waals surface area contributed by atoms with Crippen molar-refractivity contribution in [1.82, 2.24) is 9.80 Å².